The van der Waals surface area contributed by atoms with Crippen molar-refractivity contribution in [2.24, 2.45) is 5.73 Å². The fourth-order valence-corrected chi connectivity index (χ4v) is 8.57. The number of amides is 1. The van der Waals surface area contributed by atoms with Gasteiger partial charge in [0.1, 0.15) is 11.3 Å². The Hall–Kier alpha value is -2.86. The van der Waals surface area contributed by atoms with Gasteiger partial charge in [0.15, 0.2) is 0 Å². The lowest BCUT2D eigenvalue weighted by Gasteiger charge is -2.40. The van der Waals surface area contributed by atoms with Crippen molar-refractivity contribution in [2.45, 2.75) is 56.9 Å². The summed E-state index contributed by atoms with van der Waals surface area (Å²) in [5, 5.41) is 8.28. The smallest absolute Gasteiger partial charge is 0.251 e. The Labute approximate surface area is 247 Å². The van der Waals surface area contributed by atoms with Gasteiger partial charge in [-0.15, -0.1) is 0 Å². The van der Waals surface area contributed by atoms with E-state index in [1.165, 1.54) is 44.5 Å². The lowest BCUT2D eigenvalue weighted by molar-refractivity contribution is 0.0950. The Kier molecular flexibility index (Phi) is 8.63. The van der Waals surface area contributed by atoms with Crippen LogP contribution in [-0.2, 0) is 10.0 Å². The van der Waals surface area contributed by atoms with Gasteiger partial charge in [-0.1, -0.05) is 18.6 Å². The number of H-pyrrole nitrogens is 1. The van der Waals surface area contributed by atoms with E-state index >= 15 is 0 Å². The summed E-state index contributed by atoms with van der Waals surface area (Å²) < 4.78 is 42.1. The molecule has 11 heteroatoms. The van der Waals surface area contributed by atoms with Crippen LogP contribution in [0.4, 0.5) is 4.39 Å². The number of halogens is 1. The highest BCUT2D eigenvalue weighted by Crippen LogP contribution is 2.36. The molecule has 0 saturated carbocycles. The van der Waals surface area contributed by atoms with Crippen LogP contribution in [0.25, 0.3) is 22.0 Å². The van der Waals surface area contributed by atoms with E-state index in [9.17, 15) is 17.6 Å². The summed E-state index contributed by atoms with van der Waals surface area (Å²) in [7, 11) is -3.36. The second kappa shape index (κ2) is 12.4. The summed E-state index contributed by atoms with van der Waals surface area (Å²) >= 11 is 0. The number of carbonyl (C=O) groups is 1. The lowest BCUT2D eigenvalue weighted by atomic mass is 9.90. The van der Waals surface area contributed by atoms with E-state index < -0.39 is 15.9 Å². The maximum Gasteiger partial charge on any atom is 0.251 e. The highest BCUT2D eigenvalue weighted by atomic mass is 32.2. The number of sulfonamides is 1. The second-order valence-electron chi connectivity index (χ2n) is 12.1. The number of nitrogens with one attached hydrogen (secondary N) is 1. The SMILES string of the molecule is NC(=O)c1cc(-c2cccc(F)c2)cc2c(C3CCN(S(=O)(=O)CCN4CCC(N5CCCCC5)CC4)CC3)[nH]nc12. The number of carbonyl (C=O) groups excluding carboxylic acids is 1. The average Bonchev–Trinajstić information content (AvgIpc) is 3.44. The van der Waals surface area contributed by atoms with Gasteiger partial charge < -0.3 is 15.5 Å². The molecule has 1 aromatic heterocycles. The number of primary amides is 1. The predicted octanol–water partition coefficient (Wildman–Crippen LogP) is 3.93. The third-order valence-corrected chi connectivity index (χ3v) is 11.3. The number of nitrogens with zero attached hydrogens (tertiary/aromatic N) is 4. The Bertz CT molecular complexity index is 1520. The normalized spacial score (nSPS) is 20.8. The highest BCUT2D eigenvalue weighted by molar-refractivity contribution is 7.89. The summed E-state index contributed by atoms with van der Waals surface area (Å²) in [5.74, 6) is -0.763. The van der Waals surface area contributed by atoms with Crippen molar-refractivity contribution < 1.29 is 17.6 Å². The first-order valence-corrected chi connectivity index (χ1v) is 16.9. The van der Waals surface area contributed by atoms with Crippen LogP contribution in [0, 0.1) is 5.82 Å². The molecule has 3 fully saturated rings. The summed E-state index contributed by atoms with van der Waals surface area (Å²) in [5.41, 5.74) is 8.62. The van der Waals surface area contributed by atoms with Gasteiger partial charge in [-0.3, -0.25) is 9.89 Å². The quantitative estimate of drug-likeness (QED) is 0.407. The van der Waals surface area contributed by atoms with Crippen molar-refractivity contribution in [3.63, 3.8) is 0 Å². The topological polar surface area (TPSA) is 116 Å². The Balaban J connectivity index is 1.08. The Morgan fingerprint density at radius 1 is 0.952 bits per heavy atom. The van der Waals surface area contributed by atoms with Gasteiger partial charge in [0, 0.05) is 42.7 Å². The molecule has 0 atom stereocenters. The fourth-order valence-electron chi connectivity index (χ4n) is 7.06. The third-order valence-electron chi connectivity index (χ3n) is 9.50. The summed E-state index contributed by atoms with van der Waals surface area (Å²) in [4.78, 5) is 17.2. The van der Waals surface area contributed by atoms with Gasteiger partial charge in [-0.05, 0) is 100 Å². The number of aromatic nitrogens is 2. The molecule has 2 aromatic carbocycles. The lowest BCUT2D eigenvalue weighted by Crippen LogP contribution is -2.48. The molecule has 0 spiro atoms. The standard InChI is InChI=1S/C31H41FN6O3S/c32-25-6-4-5-23(19-25)24-20-27-29(34-35-30(27)28(21-24)31(33)39)22-7-15-38(16-8-22)42(40,41)18-17-36-13-9-26(10-14-36)37-11-2-1-3-12-37/h4-6,19-22,26H,1-3,7-18H2,(H2,33,39)(H,34,35). The Morgan fingerprint density at radius 3 is 2.38 bits per heavy atom. The molecule has 42 heavy (non-hydrogen) atoms. The van der Waals surface area contributed by atoms with E-state index in [0.29, 0.717) is 55.2 Å². The molecule has 0 unspecified atom stereocenters. The minimum absolute atomic E-state index is 0.0544. The van der Waals surface area contributed by atoms with Crippen molar-refractivity contribution in [3.8, 4) is 11.1 Å². The van der Waals surface area contributed by atoms with Gasteiger partial charge in [-0.25, -0.2) is 17.1 Å². The number of hydrogen-bond donors (Lipinski definition) is 2. The van der Waals surface area contributed by atoms with Crippen LogP contribution in [0.2, 0.25) is 0 Å². The molecule has 4 heterocycles. The third kappa shape index (κ3) is 6.24. The zero-order valence-electron chi connectivity index (χ0n) is 24.1. The molecule has 3 aromatic rings. The molecule has 1 amide bonds. The number of benzene rings is 2. The van der Waals surface area contributed by atoms with Crippen LogP contribution in [0.3, 0.4) is 0 Å². The number of aromatic amines is 1. The molecule has 9 nitrogen and oxygen atoms in total. The van der Waals surface area contributed by atoms with E-state index in [2.05, 4.69) is 20.0 Å². The van der Waals surface area contributed by atoms with Crippen molar-refractivity contribution in [1.82, 2.24) is 24.3 Å². The number of nitrogens with two attached hydrogens (primary N) is 1. The molecule has 0 bridgehead atoms. The van der Waals surface area contributed by atoms with Crippen molar-refractivity contribution in [3.05, 3.63) is 53.5 Å². The summed E-state index contributed by atoms with van der Waals surface area (Å²) in [6.45, 7) is 5.83. The van der Waals surface area contributed by atoms with Gasteiger partial charge in [-0.2, -0.15) is 5.10 Å². The molecule has 0 aliphatic carbocycles. The number of hydrogen-bond acceptors (Lipinski definition) is 6. The number of likely N-dealkylation sites (tertiary alicyclic amines) is 2. The van der Waals surface area contributed by atoms with Gasteiger partial charge in [0.2, 0.25) is 10.0 Å². The van der Waals surface area contributed by atoms with Crippen LogP contribution < -0.4 is 5.73 Å². The first-order chi connectivity index (χ1) is 20.3. The first-order valence-electron chi connectivity index (χ1n) is 15.3. The molecular formula is C31H41FN6O3S. The van der Waals surface area contributed by atoms with Gasteiger partial charge >= 0.3 is 0 Å². The van der Waals surface area contributed by atoms with Gasteiger partial charge in [0.05, 0.1) is 11.3 Å². The zero-order chi connectivity index (χ0) is 29.3. The number of rotatable bonds is 8. The molecule has 3 N–H and O–H groups in total. The van der Waals surface area contributed by atoms with Crippen LogP contribution in [0.5, 0.6) is 0 Å². The zero-order valence-corrected chi connectivity index (χ0v) is 24.9. The highest BCUT2D eigenvalue weighted by Gasteiger charge is 2.32. The molecule has 3 aliphatic heterocycles. The van der Waals surface area contributed by atoms with Crippen LogP contribution in [0.1, 0.15) is 66.9 Å². The monoisotopic (exact) mass is 596 g/mol. The maximum atomic E-state index is 13.9. The minimum atomic E-state index is -3.36. The maximum absolute atomic E-state index is 13.9. The summed E-state index contributed by atoms with van der Waals surface area (Å²) in [6.07, 6.45) is 7.49. The van der Waals surface area contributed by atoms with Crippen molar-refractivity contribution >= 4 is 26.8 Å². The van der Waals surface area contributed by atoms with E-state index in [4.69, 9.17) is 5.73 Å². The Morgan fingerprint density at radius 2 is 1.69 bits per heavy atom. The molecule has 226 valence electrons. The fraction of sp³-hybridized carbons (Fsp3) is 0.548. The van der Waals surface area contributed by atoms with Crippen LogP contribution in [0.15, 0.2) is 36.4 Å². The largest absolute Gasteiger partial charge is 0.366 e. The number of fused-ring (bicyclic) bond motifs is 1. The molecule has 6 rings (SSSR count). The van der Waals surface area contributed by atoms with Crippen molar-refractivity contribution in [2.75, 3.05) is 51.6 Å². The van der Waals surface area contributed by atoms with Crippen LogP contribution in [-0.4, -0.2) is 96.2 Å². The van der Waals surface area contributed by atoms with E-state index in [1.807, 2.05) is 6.07 Å². The molecule has 0 radical (unpaired) electrons. The minimum Gasteiger partial charge on any atom is -0.366 e. The van der Waals surface area contributed by atoms with E-state index in [1.54, 1.807) is 22.5 Å². The summed E-state index contributed by atoms with van der Waals surface area (Å²) in [6, 6.07) is 10.4. The first kappa shape index (κ1) is 29.2. The second-order valence-corrected chi connectivity index (χ2v) is 14.2. The van der Waals surface area contributed by atoms with E-state index in [0.717, 1.165) is 37.0 Å². The molecule has 3 saturated heterocycles. The molecular weight excluding hydrogens is 555 g/mol. The van der Waals surface area contributed by atoms with Gasteiger partial charge in [0.25, 0.3) is 5.91 Å². The molecule has 3 aliphatic rings. The van der Waals surface area contributed by atoms with Crippen LogP contribution >= 0.6 is 0 Å². The predicted molar refractivity (Wildman–Crippen MR) is 162 cm³/mol. The average molecular weight is 597 g/mol. The number of piperidine rings is 3. The van der Waals surface area contributed by atoms with Crippen molar-refractivity contribution in [1.29, 1.82) is 0 Å². The van der Waals surface area contributed by atoms with E-state index in [-0.39, 0.29) is 23.1 Å².